The number of hydrogen-bond donors (Lipinski definition) is 0. The van der Waals surface area contributed by atoms with Crippen LogP contribution < -0.4 is 14.7 Å². The number of benzene rings is 5. The molecule has 0 amide bonds. The van der Waals surface area contributed by atoms with Crippen molar-refractivity contribution in [3.63, 3.8) is 0 Å². The van der Waals surface area contributed by atoms with Gasteiger partial charge in [-0.05, 0) is 104 Å². The second kappa shape index (κ2) is 15.7. The highest BCUT2D eigenvalue weighted by Gasteiger charge is 2.45. The van der Waals surface area contributed by atoms with Crippen molar-refractivity contribution in [1.29, 1.82) is 0 Å². The van der Waals surface area contributed by atoms with E-state index in [0.29, 0.717) is 6.61 Å². The van der Waals surface area contributed by atoms with Crippen molar-refractivity contribution < 1.29 is 9.47 Å². The van der Waals surface area contributed by atoms with E-state index in [1.807, 2.05) is 6.08 Å². The highest BCUT2D eigenvalue weighted by atomic mass is 28.3. The molecule has 0 unspecified atom stereocenters. The van der Waals surface area contributed by atoms with Gasteiger partial charge in [0.05, 0.1) is 15.2 Å². The van der Waals surface area contributed by atoms with E-state index in [4.69, 9.17) is 9.47 Å². The van der Waals surface area contributed by atoms with Gasteiger partial charge in [-0.15, -0.1) is 0 Å². The average Bonchev–Trinajstić information content (AvgIpc) is 3.48. The molecule has 5 aromatic rings. The van der Waals surface area contributed by atoms with Crippen LogP contribution in [0.4, 0.5) is 0 Å². The Kier molecular flexibility index (Phi) is 11.3. The van der Waals surface area contributed by atoms with Crippen molar-refractivity contribution in [3.05, 3.63) is 138 Å². The summed E-state index contributed by atoms with van der Waals surface area (Å²) >= 11 is 0. The van der Waals surface area contributed by atoms with Crippen LogP contribution in [0, 0.1) is 0 Å². The quantitative estimate of drug-likeness (QED) is 0.0845. The summed E-state index contributed by atoms with van der Waals surface area (Å²) in [5.41, 5.74) is 14.8. The highest BCUT2D eigenvalue weighted by molar-refractivity contribution is 6.92. The Morgan fingerprint density at radius 3 is 1.67 bits per heavy atom. The molecule has 0 atom stereocenters. The van der Waals surface area contributed by atoms with Crippen molar-refractivity contribution in [2.45, 2.75) is 97.2 Å². The maximum Gasteiger partial charge on any atom is 0.123 e. The van der Waals surface area contributed by atoms with Gasteiger partial charge in [0.15, 0.2) is 0 Å². The summed E-state index contributed by atoms with van der Waals surface area (Å²) < 4.78 is 12.7. The van der Waals surface area contributed by atoms with Gasteiger partial charge in [0.2, 0.25) is 0 Å². The maximum atomic E-state index is 6.70. The summed E-state index contributed by atoms with van der Waals surface area (Å²) in [6.07, 6.45) is 8.91. The van der Waals surface area contributed by atoms with Crippen LogP contribution in [0.15, 0.2) is 110 Å². The van der Waals surface area contributed by atoms with Crippen molar-refractivity contribution in [2.75, 3.05) is 13.7 Å². The van der Waals surface area contributed by atoms with Crippen LogP contribution in [0.1, 0.15) is 93.7 Å². The van der Waals surface area contributed by atoms with Gasteiger partial charge >= 0.3 is 0 Å². The molecule has 0 saturated heterocycles. The van der Waals surface area contributed by atoms with Crippen LogP contribution in [0.5, 0.6) is 11.5 Å². The third-order valence-corrected chi connectivity index (χ3v) is 14.9. The van der Waals surface area contributed by atoms with E-state index in [1.54, 1.807) is 7.11 Å². The van der Waals surface area contributed by atoms with Crippen molar-refractivity contribution in [3.8, 4) is 44.9 Å². The number of unbranched alkanes of at least 4 members (excludes halogenated alkanes) is 2. The Labute approximate surface area is 315 Å². The van der Waals surface area contributed by atoms with E-state index in [-0.39, 0.29) is 11.0 Å². The fraction of sp³-hybridized carbons (Fsp3) is 0.347. The Hall–Kier alpha value is -4.34. The van der Waals surface area contributed by atoms with E-state index < -0.39 is 8.07 Å². The van der Waals surface area contributed by atoms with Gasteiger partial charge in [-0.3, -0.25) is 0 Å². The maximum absolute atomic E-state index is 6.70. The van der Waals surface area contributed by atoms with Gasteiger partial charge in [0, 0.05) is 11.1 Å². The summed E-state index contributed by atoms with van der Waals surface area (Å²) in [7, 11) is -0.661. The molecule has 0 spiro atoms. The first-order valence-electron chi connectivity index (χ1n) is 19.4. The normalized spacial score (nSPS) is 12.8. The minimum absolute atomic E-state index is 0.137. The fourth-order valence-corrected chi connectivity index (χ4v) is 11.8. The standard InChI is InChI=1S/C49H58O2Si/c1-10-13-17-34-19-15-21-36(28-34)38-23-25-41-42-26-24-39(37-22-16-20-35(29-37)18-14-11-2)31-44(42)48(43(41)30-38)52(8,9)46-33-40(50-7)32-45(49(4,5)6)47(46)51-27-12-3/h12,15-16,19-26,28-33,48H,3,10-11,13-14,17-18,27H2,1-2,4-9H3. The molecule has 270 valence electrons. The van der Waals surface area contributed by atoms with Gasteiger partial charge in [-0.25, -0.2) is 0 Å². The smallest absolute Gasteiger partial charge is 0.123 e. The Morgan fingerprint density at radius 2 is 1.21 bits per heavy atom. The Balaban J connectivity index is 1.57. The number of fused-ring (bicyclic) bond motifs is 3. The number of hydrogen-bond acceptors (Lipinski definition) is 2. The lowest BCUT2D eigenvalue weighted by Gasteiger charge is -2.36. The molecular weight excluding hydrogens is 649 g/mol. The minimum Gasteiger partial charge on any atom is -0.497 e. The predicted octanol–water partition coefficient (Wildman–Crippen LogP) is 12.8. The average molecular weight is 707 g/mol. The van der Waals surface area contributed by atoms with Crippen molar-refractivity contribution in [2.24, 2.45) is 0 Å². The first-order chi connectivity index (χ1) is 25.0. The van der Waals surface area contributed by atoms with Crippen LogP contribution in [-0.2, 0) is 18.3 Å². The SMILES string of the molecule is C=CCOc1c(C(C)(C)C)cc(OC)cc1[Si](C)(C)C1c2cc(-c3cccc(CCCC)c3)ccc2-c2ccc(-c3cccc(CCCC)c3)cc21. The van der Waals surface area contributed by atoms with Gasteiger partial charge in [-0.1, -0.05) is 158 Å². The minimum atomic E-state index is -2.45. The summed E-state index contributed by atoms with van der Waals surface area (Å²) in [5.74, 6) is 1.89. The third kappa shape index (κ3) is 7.57. The van der Waals surface area contributed by atoms with E-state index in [2.05, 4.69) is 151 Å². The van der Waals surface area contributed by atoms with Crippen molar-refractivity contribution >= 4 is 13.3 Å². The summed E-state index contributed by atoms with van der Waals surface area (Å²) in [5, 5.41) is 1.29. The monoisotopic (exact) mass is 706 g/mol. The number of ether oxygens (including phenoxy) is 2. The first-order valence-corrected chi connectivity index (χ1v) is 22.5. The first kappa shape index (κ1) is 37.4. The molecule has 0 saturated carbocycles. The zero-order valence-corrected chi connectivity index (χ0v) is 33.9. The lowest BCUT2D eigenvalue weighted by Crippen LogP contribution is -2.49. The number of methoxy groups -OCH3 is 1. The molecule has 0 bridgehead atoms. The molecule has 2 nitrogen and oxygen atoms in total. The zero-order valence-electron chi connectivity index (χ0n) is 32.9. The zero-order chi connectivity index (χ0) is 37.0. The molecule has 3 heteroatoms. The van der Waals surface area contributed by atoms with Crippen LogP contribution in [0.2, 0.25) is 13.1 Å². The number of rotatable bonds is 14. The summed E-state index contributed by atoms with van der Waals surface area (Å²) in [6, 6.07) is 37.3. The van der Waals surface area contributed by atoms with Gasteiger partial charge in [0.1, 0.15) is 18.1 Å². The third-order valence-electron chi connectivity index (χ3n) is 11.0. The lowest BCUT2D eigenvalue weighted by molar-refractivity contribution is 0.351. The molecule has 0 fully saturated rings. The second-order valence-corrected chi connectivity index (χ2v) is 20.8. The van der Waals surface area contributed by atoms with E-state index >= 15 is 0 Å². The number of aryl methyl sites for hydroxylation is 2. The van der Waals surface area contributed by atoms with Crippen molar-refractivity contribution in [1.82, 2.24) is 0 Å². The topological polar surface area (TPSA) is 18.5 Å². The Bertz CT molecular complexity index is 1940. The largest absolute Gasteiger partial charge is 0.497 e. The molecule has 6 rings (SSSR count). The lowest BCUT2D eigenvalue weighted by atomic mass is 9.86. The molecule has 1 aliphatic carbocycles. The van der Waals surface area contributed by atoms with Crippen LogP contribution in [0.25, 0.3) is 33.4 Å². The molecule has 0 heterocycles. The molecule has 0 aliphatic heterocycles. The highest BCUT2D eigenvalue weighted by Crippen LogP contribution is 2.52. The van der Waals surface area contributed by atoms with Crippen LogP contribution >= 0.6 is 0 Å². The van der Waals surface area contributed by atoms with E-state index in [0.717, 1.165) is 24.3 Å². The molecule has 0 aromatic heterocycles. The molecular formula is C49H58O2Si. The van der Waals surface area contributed by atoms with E-state index in [1.165, 1.54) is 92.1 Å². The van der Waals surface area contributed by atoms with Gasteiger partial charge < -0.3 is 9.47 Å². The summed E-state index contributed by atoms with van der Waals surface area (Å²) in [4.78, 5) is 0. The molecule has 0 N–H and O–H groups in total. The second-order valence-electron chi connectivity index (χ2n) is 16.3. The molecule has 0 radical (unpaired) electrons. The molecule has 5 aromatic carbocycles. The van der Waals surface area contributed by atoms with Gasteiger partial charge in [-0.2, -0.15) is 0 Å². The van der Waals surface area contributed by atoms with Crippen LogP contribution in [0.3, 0.4) is 0 Å². The molecule has 52 heavy (non-hydrogen) atoms. The van der Waals surface area contributed by atoms with Gasteiger partial charge in [0.25, 0.3) is 0 Å². The van der Waals surface area contributed by atoms with E-state index in [9.17, 15) is 0 Å². The fourth-order valence-electron chi connectivity index (χ4n) is 8.18. The molecule has 1 aliphatic rings. The predicted molar refractivity (Wildman–Crippen MR) is 226 cm³/mol. The Morgan fingerprint density at radius 1 is 0.692 bits per heavy atom. The van der Waals surface area contributed by atoms with Crippen LogP contribution in [-0.4, -0.2) is 21.8 Å². The summed E-state index contributed by atoms with van der Waals surface area (Å²) in [6.45, 7) is 20.9.